The number of ether oxygens (including phenoxy) is 1. The molecule has 2 unspecified atom stereocenters. The van der Waals surface area contributed by atoms with Crippen LogP contribution in [0.2, 0.25) is 5.02 Å². The highest BCUT2D eigenvalue weighted by Crippen LogP contribution is 2.58. The number of rotatable bonds is 2. The number of para-hydroxylation sites is 1. The van der Waals surface area contributed by atoms with E-state index in [1.54, 1.807) is 13.0 Å². The molecule has 150 valence electrons. The molecule has 0 aromatic heterocycles. The Kier molecular flexibility index (Phi) is 4.66. The first-order chi connectivity index (χ1) is 13.1. The van der Waals surface area contributed by atoms with Crippen LogP contribution >= 0.6 is 11.6 Å². The Labute approximate surface area is 168 Å². The van der Waals surface area contributed by atoms with E-state index >= 15 is 0 Å². The van der Waals surface area contributed by atoms with Crippen LogP contribution in [0.15, 0.2) is 42.5 Å². The predicted molar refractivity (Wildman–Crippen MR) is 104 cm³/mol. The van der Waals surface area contributed by atoms with Crippen LogP contribution in [0.4, 0.5) is 13.2 Å². The van der Waals surface area contributed by atoms with Crippen LogP contribution in [0.25, 0.3) is 0 Å². The molecular weight excluding hydrogens is 387 g/mol. The Morgan fingerprint density at radius 1 is 1.21 bits per heavy atom. The molecule has 6 heteroatoms. The van der Waals surface area contributed by atoms with Gasteiger partial charge in [0, 0.05) is 46.5 Å². The number of hydrogen-bond donors (Lipinski definition) is 0. The van der Waals surface area contributed by atoms with Gasteiger partial charge in [0.1, 0.15) is 11.5 Å². The van der Waals surface area contributed by atoms with Gasteiger partial charge >= 0.3 is 6.18 Å². The predicted octanol–water partition coefficient (Wildman–Crippen LogP) is 6.39. The molecule has 0 radical (unpaired) electrons. The van der Waals surface area contributed by atoms with Gasteiger partial charge in [0.15, 0.2) is 0 Å². The van der Waals surface area contributed by atoms with Gasteiger partial charge in [-0.05, 0) is 37.2 Å². The number of nitrogens with zero attached hydrogens (tertiary/aromatic N) is 1. The van der Waals surface area contributed by atoms with Crippen LogP contribution in [0.5, 0.6) is 11.5 Å². The van der Waals surface area contributed by atoms with Gasteiger partial charge in [-0.2, -0.15) is 13.2 Å². The van der Waals surface area contributed by atoms with Gasteiger partial charge in [-0.1, -0.05) is 43.6 Å². The zero-order valence-electron chi connectivity index (χ0n) is 16.1. The van der Waals surface area contributed by atoms with E-state index in [0.29, 0.717) is 17.3 Å². The molecule has 0 spiro atoms. The average Bonchev–Trinajstić information content (AvgIpc) is 2.81. The third kappa shape index (κ3) is 3.09. The molecule has 2 aliphatic heterocycles. The van der Waals surface area contributed by atoms with Gasteiger partial charge < -0.3 is 9.64 Å². The fraction of sp³-hybridized carbons (Fsp3) is 0.455. The zero-order chi connectivity index (χ0) is 20.3. The molecular formula is C22H23ClF3NO. The molecule has 2 heterocycles. The number of benzene rings is 2. The van der Waals surface area contributed by atoms with Crippen LogP contribution in [0.1, 0.15) is 37.3 Å². The van der Waals surface area contributed by atoms with Gasteiger partial charge in [0.25, 0.3) is 0 Å². The SMILES string of the molecule is CC(CC(F)(F)F)C1N(C)C[C@H]2c3cc(Cl)ccc3Oc3ccccc3[C@]12C. The highest BCUT2D eigenvalue weighted by molar-refractivity contribution is 6.30. The van der Waals surface area contributed by atoms with Gasteiger partial charge in [-0.25, -0.2) is 0 Å². The Balaban J connectivity index is 1.91. The topological polar surface area (TPSA) is 12.5 Å². The lowest BCUT2D eigenvalue weighted by Gasteiger charge is -2.41. The minimum Gasteiger partial charge on any atom is -0.457 e. The second-order valence-electron chi connectivity index (χ2n) is 8.30. The maximum atomic E-state index is 13.2. The van der Waals surface area contributed by atoms with E-state index in [4.69, 9.17) is 16.3 Å². The standard InChI is InChI=1S/C22H23ClF3NO/c1-13(11-22(24,25)26)20-21(2)16-6-4-5-7-19(16)28-18-9-8-14(23)10-15(18)17(21)12-27(20)3/h4-10,13,17,20H,11-12H2,1-3H3/t13?,17-,20?,21-/m0/s1. The average molecular weight is 410 g/mol. The molecule has 4 atom stereocenters. The van der Waals surface area contributed by atoms with Crippen molar-refractivity contribution in [2.24, 2.45) is 5.92 Å². The lowest BCUT2D eigenvalue weighted by molar-refractivity contribution is -0.148. The van der Waals surface area contributed by atoms with Gasteiger partial charge in [-0.15, -0.1) is 0 Å². The summed E-state index contributed by atoms with van der Waals surface area (Å²) in [4.78, 5) is 2.08. The Bertz CT molecular complexity index is 900. The smallest absolute Gasteiger partial charge is 0.389 e. The summed E-state index contributed by atoms with van der Waals surface area (Å²) in [7, 11) is 1.92. The Morgan fingerprint density at radius 3 is 2.64 bits per heavy atom. The molecule has 0 bridgehead atoms. The largest absolute Gasteiger partial charge is 0.457 e. The number of alkyl halides is 3. The molecule has 1 saturated heterocycles. The molecule has 0 N–H and O–H groups in total. The van der Waals surface area contributed by atoms with E-state index in [-0.39, 0.29) is 12.0 Å². The second-order valence-corrected chi connectivity index (χ2v) is 8.73. The summed E-state index contributed by atoms with van der Waals surface area (Å²) in [5.41, 5.74) is 1.38. The monoisotopic (exact) mass is 409 g/mol. The van der Waals surface area contributed by atoms with Crippen molar-refractivity contribution in [2.75, 3.05) is 13.6 Å². The van der Waals surface area contributed by atoms with Gasteiger partial charge in [-0.3, -0.25) is 0 Å². The molecule has 0 aliphatic carbocycles. The van der Waals surface area contributed by atoms with Gasteiger partial charge in [0.2, 0.25) is 0 Å². The zero-order valence-corrected chi connectivity index (χ0v) is 16.8. The number of likely N-dealkylation sites (N-methyl/N-ethyl adjacent to an activating group) is 1. The molecule has 0 saturated carbocycles. The quantitative estimate of drug-likeness (QED) is 0.569. The highest BCUT2D eigenvalue weighted by atomic mass is 35.5. The molecule has 0 amide bonds. The lowest BCUT2D eigenvalue weighted by Crippen LogP contribution is -2.46. The van der Waals surface area contributed by atoms with Crippen molar-refractivity contribution in [1.82, 2.24) is 4.90 Å². The number of fused-ring (bicyclic) bond motifs is 5. The number of likely N-dealkylation sites (tertiary alicyclic amines) is 1. The Hall–Kier alpha value is -1.72. The summed E-state index contributed by atoms with van der Waals surface area (Å²) in [5, 5.41) is 0.602. The van der Waals surface area contributed by atoms with Crippen LogP contribution in [-0.4, -0.2) is 30.7 Å². The first-order valence-electron chi connectivity index (χ1n) is 9.45. The van der Waals surface area contributed by atoms with Gasteiger partial charge in [0.05, 0.1) is 0 Å². The molecule has 28 heavy (non-hydrogen) atoms. The van der Waals surface area contributed by atoms with Crippen molar-refractivity contribution < 1.29 is 17.9 Å². The highest BCUT2D eigenvalue weighted by Gasteiger charge is 2.56. The van der Waals surface area contributed by atoms with E-state index < -0.39 is 23.9 Å². The van der Waals surface area contributed by atoms with E-state index in [1.807, 2.05) is 43.4 Å². The molecule has 2 aliphatic rings. The molecule has 2 aromatic carbocycles. The van der Waals surface area contributed by atoms with Crippen LogP contribution in [0.3, 0.4) is 0 Å². The summed E-state index contributed by atoms with van der Waals surface area (Å²) < 4.78 is 46.0. The van der Waals surface area contributed by atoms with Crippen LogP contribution in [-0.2, 0) is 5.41 Å². The van der Waals surface area contributed by atoms with Crippen LogP contribution in [0, 0.1) is 5.92 Å². The normalized spacial score (nSPS) is 28.0. The minimum absolute atomic E-state index is 0.0180. The van der Waals surface area contributed by atoms with Crippen molar-refractivity contribution in [3.05, 3.63) is 58.6 Å². The summed E-state index contributed by atoms with van der Waals surface area (Å²) in [5.74, 6) is 0.850. The maximum absolute atomic E-state index is 13.2. The van der Waals surface area contributed by atoms with Crippen molar-refractivity contribution >= 4 is 11.6 Å². The minimum atomic E-state index is -4.20. The summed E-state index contributed by atoms with van der Waals surface area (Å²) in [6.07, 6.45) is -5.01. The van der Waals surface area contributed by atoms with E-state index in [1.165, 1.54) is 0 Å². The first kappa shape index (κ1) is 19.6. The molecule has 4 rings (SSSR count). The van der Waals surface area contributed by atoms with E-state index in [9.17, 15) is 13.2 Å². The van der Waals surface area contributed by atoms with Crippen molar-refractivity contribution in [1.29, 1.82) is 0 Å². The molecule has 2 aromatic rings. The molecule has 1 fully saturated rings. The van der Waals surface area contributed by atoms with Crippen LogP contribution < -0.4 is 4.74 Å². The van der Waals surface area contributed by atoms with Crippen molar-refractivity contribution in [3.8, 4) is 11.5 Å². The lowest BCUT2D eigenvalue weighted by atomic mass is 9.64. The maximum Gasteiger partial charge on any atom is 0.389 e. The third-order valence-electron chi connectivity index (χ3n) is 6.41. The number of hydrogen-bond acceptors (Lipinski definition) is 2. The van der Waals surface area contributed by atoms with E-state index in [0.717, 1.165) is 16.9 Å². The number of halogens is 4. The van der Waals surface area contributed by atoms with Crippen molar-refractivity contribution in [3.63, 3.8) is 0 Å². The summed E-state index contributed by atoms with van der Waals surface area (Å²) >= 11 is 6.28. The summed E-state index contributed by atoms with van der Waals surface area (Å²) in [6, 6.07) is 13.0. The first-order valence-corrected chi connectivity index (χ1v) is 9.83. The third-order valence-corrected chi connectivity index (χ3v) is 6.65. The Morgan fingerprint density at radius 2 is 1.93 bits per heavy atom. The van der Waals surface area contributed by atoms with Crippen molar-refractivity contribution in [2.45, 2.75) is 43.8 Å². The summed E-state index contributed by atoms with van der Waals surface area (Å²) in [6.45, 7) is 4.43. The fourth-order valence-corrected chi connectivity index (χ4v) is 5.71. The fourth-order valence-electron chi connectivity index (χ4n) is 5.53. The van der Waals surface area contributed by atoms with E-state index in [2.05, 4.69) is 11.8 Å². The second kappa shape index (κ2) is 6.67. The molecule has 2 nitrogen and oxygen atoms in total.